The molecule has 0 aliphatic heterocycles. The lowest BCUT2D eigenvalue weighted by atomic mass is 10.1. The normalized spacial score (nSPS) is 11.7. The Kier molecular flexibility index (Phi) is 6.81. The Bertz CT molecular complexity index is 771. The molecule has 0 heterocycles. The van der Waals surface area contributed by atoms with Gasteiger partial charge in [-0.3, -0.25) is 9.59 Å². The number of anilines is 1. The number of rotatable bonds is 5. The van der Waals surface area contributed by atoms with Crippen LogP contribution in [0.2, 0.25) is 5.02 Å². The van der Waals surface area contributed by atoms with Gasteiger partial charge in [0.25, 0.3) is 0 Å². The third kappa shape index (κ3) is 5.45. The van der Waals surface area contributed by atoms with Crippen LogP contribution in [0.5, 0.6) is 0 Å². The predicted octanol–water partition coefficient (Wildman–Crippen LogP) is 2.99. The smallest absolute Gasteiger partial charge is 0.313 e. The molecule has 5 nitrogen and oxygen atoms in total. The maximum atomic E-state index is 13.1. The van der Waals surface area contributed by atoms with Crippen LogP contribution in [0.1, 0.15) is 11.7 Å². The monoisotopic (exact) mass is 382 g/mol. The quantitative estimate of drug-likeness (QED) is 0.548. The Morgan fingerprint density at radius 3 is 2.48 bits per heavy atom. The molecule has 0 saturated carbocycles. The van der Waals surface area contributed by atoms with Gasteiger partial charge in [-0.15, -0.1) is 11.8 Å². The van der Waals surface area contributed by atoms with E-state index in [-0.39, 0.29) is 17.3 Å². The van der Waals surface area contributed by atoms with Gasteiger partial charge in [-0.2, -0.15) is 0 Å². The fourth-order valence-corrected chi connectivity index (χ4v) is 2.56. The van der Waals surface area contributed by atoms with Crippen LogP contribution in [0.4, 0.5) is 10.1 Å². The summed E-state index contributed by atoms with van der Waals surface area (Å²) in [7, 11) is 0. The average molecular weight is 383 g/mol. The topological polar surface area (TPSA) is 78.4 Å². The van der Waals surface area contributed by atoms with E-state index in [0.29, 0.717) is 5.56 Å². The van der Waals surface area contributed by atoms with E-state index in [0.717, 1.165) is 11.0 Å². The van der Waals surface area contributed by atoms with E-state index < -0.39 is 23.7 Å². The first-order valence-electron chi connectivity index (χ1n) is 7.27. The first-order chi connectivity index (χ1) is 11.9. The third-order valence-electron chi connectivity index (χ3n) is 3.34. The average Bonchev–Trinajstić information content (AvgIpc) is 2.62. The van der Waals surface area contributed by atoms with Gasteiger partial charge in [-0.05, 0) is 42.2 Å². The Morgan fingerprint density at radius 1 is 1.20 bits per heavy atom. The SMILES string of the molecule is CSc1ccc(C(O)CNC(=O)C(=O)Nc2ccc(F)c(Cl)c2)cc1. The van der Waals surface area contributed by atoms with Crippen LogP contribution in [-0.2, 0) is 9.59 Å². The van der Waals surface area contributed by atoms with Gasteiger partial charge >= 0.3 is 11.8 Å². The molecule has 2 aromatic rings. The second kappa shape index (κ2) is 8.84. The molecule has 0 spiro atoms. The fraction of sp³-hybridized carbons (Fsp3) is 0.176. The first-order valence-corrected chi connectivity index (χ1v) is 8.87. The molecule has 2 amide bonds. The number of carbonyl (C=O) groups excluding carboxylic acids is 2. The Hall–Kier alpha value is -2.09. The lowest BCUT2D eigenvalue weighted by Gasteiger charge is -2.13. The second-order valence-corrected chi connectivity index (χ2v) is 6.37. The molecule has 2 aromatic carbocycles. The molecule has 0 aromatic heterocycles. The molecule has 25 heavy (non-hydrogen) atoms. The molecule has 1 atom stereocenters. The Labute approximate surface area is 153 Å². The number of benzene rings is 2. The van der Waals surface area contributed by atoms with Crippen LogP contribution in [0.3, 0.4) is 0 Å². The summed E-state index contributed by atoms with van der Waals surface area (Å²) in [6.45, 7) is -0.116. The van der Waals surface area contributed by atoms with E-state index in [1.54, 1.807) is 23.9 Å². The molecule has 8 heteroatoms. The van der Waals surface area contributed by atoms with Gasteiger partial charge in [0.1, 0.15) is 5.82 Å². The molecule has 0 aliphatic rings. The molecule has 0 saturated heterocycles. The van der Waals surface area contributed by atoms with Crippen molar-refractivity contribution >= 4 is 40.9 Å². The van der Waals surface area contributed by atoms with Crippen LogP contribution in [0.25, 0.3) is 0 Å². The van der Waals surface area contributed by atoms with Crippen molar-refractivity contribution in [1.82, 2.24) is 5.32 Å². The van der Waals surface area contributed by atoms with Crippen LogP contribution in [0.15, 0.2) is 47.4 Å². The zero-order valence-corrected chi connectivity index (χ0v) is 14.8. The number of amides is 2. The number of halogens is 2. The minimum Gasteiger partial charge on any atom is -0.387 e. The summed E-state index contributed by atoms with van der Waals surface area (Å²) in [5.74, 6) is -2.48. The highest BCUT2D eigenvalue weighted by Gasteiger charge is 2.16. The Morgan fingerprint density at radius 2 is 1.88 bits per heavy atom. The molecular formula is C17H16ClFN2O3S. The number of nitrogens with one attached hydrogen (secondary N) is 2. The van der Waals surface area contributed by atoms with E-state index in [1.807, 2.05) is 18.4 Å². The summed E-state index contributed by atoms with van der Waals surface area (Å²) in [5.41, 5.74) is 0.823. The summed E-state index contributed by atoms with van der Waals surface area (Å²) < 4.78 is 13.1. The van der Waals surface area contributed by atoms with Crippen molar-refractivity contribution in [2.75, 3.05) is 18.1 Å². The summed E-state index contributed by atoms with van der Waals surface area (Å²) >= 11 is 7.18. The highest BCUT2D eigenvalue weighted by Crippen LogP contribution is 2.20. The van der Waals surface area contributed by atoms with Gasteiger partial charge in [0.15, 0.2) is 0 Å². The van der Waals surface area contributed by atoms with Crippen molar-refractivity contribution < 1.29 is 19.1 Å². The minimum atomic E-state index is -0.937. The number of thioether (sulfide) groups is 1. The lowest BCUT2D eigenvalue weighted by molar-refractivity contribution is -0.136. The largest absolute Gasteiger partial charge is 0.387 e. The summed E-state index contributed by atoms with van der Waals surface area (Å²) in [6.07, 6.45) is 1.01. The van der Waals surface area contributed by atoms with Crippen molar-refractivity contribution in [1.29, 1.82) is 0 Å². The molecule has 2 rings (SSSR count). The maximum Gasteiger partial charge on any atom is 0.313 e. The van der Waals surface area contributed by atoms with Crippen molar-refractivity contribution in [3.63, 3.8) is 0 Å². The van der Waals surface area contributed by atoms with Crippen LogP contribution in [0, 0.1) is 5.82 Å². The number of carbonyl (C=O) groups is 2. The Balaban J connectivity index is 1.87. The molecule has 0 bridgehead atoms. The highest BCUT2D eigenvalue weighted by atomic mass is 35.5. The molecule has 132 valence electrons. The van der Waals surface area contributed by atoms with Crippen molar-refractivity contribution in [3.8, 4) is 0 Å². The van der Waals surface area contributed by atoms with E-state index in [4.69, 9.17) is 11.6 Å². The minimum absolute atomic E-state index is 0.116. The number of aliphatic hydroxyl groups excluding tert-OH is 1. The zero-order valence-electron chi connectivity index (χ0n) is 13.3. The summed E-state index contributed by atoms with van der Waals surface area (Å²) in [4.78, 5) is 24.6. The van der Waals surface area contributed by atoms with E-state index >= 15 is 0 Å². The molecule has 1 unspecified atom stereocenters. The van der Waals surface area contributed by atoms with Crippen molar-refractivity contribution in [2.45, 2.75) is 11.0 Å². The van der Waals surface area contributed by atoms with Gasteiger partial charge < -0.3 is 15.7 Å². The molecule has 3 N–H and O–H groups in total. The molecule has 0 fully saturated rings. The lowest BCUT2D eigenvalue weighted by Crippen LogP contribution is -2.37. The summed E-state index contributed by atoms with van der Waals surface area (Å²) in [5, 5.41) is 14.5. The van der Waals surface area contributed by atoms with Gasteiger partial charge in [0, 0.05) is 17.1 Å². The van der Waals surface area contributed by atoms with Gasteiger partial charge in [-0.1, -0.05) is 23.7 Å². The number of hydrogen-bond donors (Lipinski definition) is 3. The van der Waals surface area contributed by atoms with Gasteiger partial charge in [0.05, 0.1) is 11.1 Å². The standard InChI is InChI=1S/C17H16ClFN2O3S/c1-25-12-5-2-10(3-6-12)15(22)9-20-16(23)17(24)21-11-4-7-14(19)13(18)8-11/h2-8,15,22H,9H2,1H3,(H,20,23)(H,21,24). The molecule has 0 aliphatic carbocycles. The fourth-order valence-electron chi connectivity index (χ4n) is 1.98. The zero-order chi connectivity index (χ0) is 18.4. The summed E-state index contributed by atoms with van der Waals surface area (Å²) in [6, 6.07) is 10.8. The number of aliphatic hydroxyl groups is 1. The maximum absolute atomic E-state index is 13.1. The van der Waals surface area contributed by atoms with E-state index in [2.05, 4.69) is 10.6 Å². The number of hydrogen-bond acceptors (Lipinski definition) is 4. The van der Waals surface area contributed by atoms with Crippen molar-refractivity contribution in [2.24, 2.45) is 0 Å². The molecule has 0 radical (unpaired) electrons. The van der Waals surface area contributed by atoms with Gasteiger partial charge in [-0.25, -0.2) is 4.39 Å². The van der Waals surface area contributed by atoms with Crippen LogP contribution in [-0.4, -0.2) is 29.7 Å². The highest BCUT2D eigenvalue weighted by molar-refractivity contribution is 7.98. The van der Waals surface area contributed by atoms with E-state index in [1.165, 1.54) is 12.1 Å². The second-order valence-electron chi connectivity index (χ2n) is 5.08. The predicted molar refractivity (Wildman–Crippen MR) is 96.2 cm³/mol. The van der Waals surface area contributed by atoms with Crippen LogP contribution < -0.4 is 10.6 Å². The van der Waals surface area contributed by atoms with E-state index in [9.17, 15) is 19.1 Å². The van der Waals surface area contributed by atoms with Gasteiger partial charge in [0.2, 0.25) is 0 Å². The molecular weight excluding hydrogens is 367 g/mol. The van der Waals surface area contributed by atoms with Crippen LogP contribution >= 0.6 is 23.4 Å². The first kappa shape index (κ1) is 19.2. The third-order valence-corrected chi connectivity index (χ3v) is 4.37. The van der Waals surface area contributed by atoms with Crippen molar-refractivity contribution in [3.05, 3.63) is 58.9 Å².